The van der Waals surface area contributed by atoms with Crippen LogP contribution in [0.2, 0.25) is 0 Å². The van der Waals surface area contributed by atoms with Crippen LogP contribution in [0.1, 0.15) is 272 Å². The molecule has 0 aromatic rings. The van der Waals surface area contributed by atoms with Gasteiger partial charge in [-0.2, -0.15) is 0 Å². The molecule has 0 spiro atoms. The van der Waals surface area contributed by atoms with E-state index in [0.717, 1.165) is 161 Å². The lowest BCUT2D eigenvalue weighted by atomic mass is 10.1. The van der Waals surface area contributed by atoms with Gasteiger partial charge in [0.15, 0.2) is 12.2 Å². The largest absolute Gasteiger partial charge is 0.472 e. The molecule has 19 heteroatoms. The normalized spacial score (nSPS) is 14.9. The number of esters is 4. The summed E-state index contributed by atoms with van der Waals surface area (Å²) in [5.41, 5.74) is 0. The minimum atomic E-state index is -5.02. The van der Waals surface area contributed by atoms with Gasteiger partial charge in [0.05, 0.1) is 26.4 Å². The molecular formula is C89H140O17P2. The standard InChI is InChI=1S/C89H140O17P2/c1-5-9-13-17-21-25-29-33-37-40-41-44-47-50-54-58-62-66-70-74-87(92)100-79-84(105-88(93)75-71-67-63-59-55-51-45-36-32-28-24-20-16-12-8-4)81-103-107(95,96)101-77-83(90)78-102-108(97,98)104-82-85(106-89(94)76-72-68-64-60-56-52-48-43-39-35-31-27-23-19-15-11-7-3)80-99-86(91)73-69-65-61-57-53-49-46-42-38-34-30-26-22-18-14-10-6-2/h9-11,13-15,21-28,33-39,41,44-46,48-50,52,54,57,60-61,64,83-85,90H,5-8,12,16-20,29-32,40,42-43,47,51,53,55-56,58-59,62-63,65-82H2,1-4H3,(H,95,96)(H,97,98)/b13-9-,14-10-,15-11-,25-21-,26-22-,27-23-,28-24-,37-33-,38-34-,39-35-,44-41-,45-36-,49-46-,52-48-,54-50-,61-57-,64-60-. The molecule has 0 fully saturated rings. The number of phosphoric ester groups is 2. The van der Waals surface area contributed by atoms with Gasteiger partial charge in [0.2, 0.25) is 0 Å². The van der Waals surface area contributed by atoms with E-state index in [-0.39, 0.29) is 25.7 Å². The van der Waals surface area contributed by atoms with Crippen molar-refractivity contribution in [1.82, 2.24) is 0 Å². The molecule has 3 N–H and O–H groups in total. The maximum absolute atomic E-state index is 13.1. The second-order valence-electron chi connectivity index (χ2n) is 25.9. The molecule has 0 saturated carbocycles. The van der Waals surface area contributed by atoms with E-state index in [1.807, 2.05) is 24.3 Å². The molecule has 0 saturated heterocycles. The molecule has 0 heterocycles. The van der Waals surface area contributed by atoms with E-state index in [9.17, 15) is 43.2 Å². The van der Waals surface area contributed by atoms with Gasteiger partial charge < -0.3 is 33.8 Å². The third kappa shape index (κ3) is 77.8. The third-order valence-electron chi connectivity index (χ3n) is 15.7. The van der Waals surface area contributed by atoms with Gasteiger partial charge in [-0.05, 0) is 180 Å². The molecule has 608 valence electrons. The molecule has 5 unspecified atom stereocenters. The predicted octanol–water partition coefficient (Wildman–Crippen LogP) is 23.9. The van der Waals surface area contributed by atoms with Crippen molar-refractivity contribution >= 4 is 39.5 Å². The molecule has 0 radical (unpaired) electrons. The molecule has 5 atom stereocenters. The quantitative estimate of drug-likeness (QED) is 0.0169. The summed E-state index contributed by atoms with van der Waals surface area (Å²) >= 11 is 0. The van der Waals surface area contributed by atoms with Crippen molar-refractivity contribution < 1.29 is 80.2 Å². The zero-order chi connectivity index (χ0) is 78.9. The molecule has 0 bridgehead atoms. The van der Waals surface area contributed by atoms with Crippen molar-refractivity contribution in [2.45, 2.75) is 290 Å². The zero-order valence-electron chi connectivity index (χ0n) is 66.4. The average Bonchev–Trinajstić information content (AvgIpc) is 0.901. The Bertz CT molecular complexity index is 2860. The highest BCUT2D eigenvalue weighted by molar-refractivity contribution is 7.47. The summed E-state index contributed by atoms with van der Waals surface area (Å²) < 4.78 is 68.5. The summed E-state index contributed by atoms with van der Waals surface area (Å²) in [4.78, 5) is 73.1. The molecule has 0 aromatic heterocycles. The van der Waals surface area contributed by atoms with Gasteiger partial charge in [-0.1, -0.05) is 273 Å². The van der Waals surface area contributed by atoms with Crippen molar-refractivity contribution in [3.8, 4) is 0 Å². The lowest BCUT2D eigenvalue weighted by Crippen LogP contribution is -2.30. The number of carbonyl (C=O) groups is 4. The van der Waals surface area contributed by atoms with Crippen LogP contribution in [0.15, 0.2) is 207 Å². The Morgan fingerprint density at radius 3 is 0.796 bits per heavy atom. The smallest absolute Gasteiger partial charge is 0.462 e. The Morgan fingerprint density at radius 2 is 0.491 bits per heavy atom. The third-order valence-corrected chi connectivity index (χ3v) is 17.6. The van der Waals surface area contributed by atoms with Crippen LogP contribution in [0.4, 0.5) is 0 Å². The summed E-state index contributed by atoms with van der Waals surface area (Å²) in [6, 6.07) is 0. The summed E-state index contributed by atoms with van der Waals surface area (Å²) in [5, 5.41) is 10.7. The summed E-state index contributed by atoms with van der Waals surface area (Å²) in [7, 11) is -10.0. The van der Waals surface area contributed by atoms with Crippen LogP contribution in [0.5, 0.6) is 0 Å². The zero-order valence-corrected chi connectivity index (χ0v) is 68.2. The van der Waals surface area contributed by atoms with E-state index in [1.54, 1.807) is 0 Å². The molecule has 0 aliphatic carbocycles. The number of hydrogen-bond donors (Lipinski definition) is 3. The highest BCUT2D eigenvalue weighted by Crippen LogP contribution is 2.45. The first-order chi connectivity index (χ1) is 52.7. The topological polar surface area (TPSA) is 237 Å². The molecule has 0 rings (SSSR count). The van der Waals surface area contributed by atoms with Crippen LogP contribution >= 0.6 is 15.6 Å². The van der Waals surface area contributed by atoms with Crippen LogP contribution in [0.25, 0.3) is 0 Å². The predicted molar refractivity (Wildman–Crippen MR) is 445 cm³/mol. The van der Waals surface area contributed by atoms with E-state index in [0.29, 0.717) is 38.5 Å². The van der Waals surface area contributed by atoms with Crippen LogP contribution in [-0.2, 0) is 65.4 Å². The average molecular weight is 1540 g/mol. The van der Waals surface area contributed by atoms with Crippen LogP contribution < -0.4 is 0 Å². The van der Waals surface area contributed by atoms with Crippen molar-refractivity contribution in [2.24, 2.45) is 0 Å². The van der Waals surface area contributed by atoms with Crippen LogP contribution in [0.3, 0.4) is 0 Å². The fourth-order valence-corrected chi connectivity index (χ4v) is 11.3. The van der Waals surface area contributed by atoms with Crippen molar-refractivity contribution in [1.29, 1.82) is 0 Å². The monoisotopic (exact) mass is 1540 g/mol. The van der Waals surface area contributed by atoms with Gasteiger partial charge in [-0.25, -0.2) is 9.13 Å². The first-order valence-electron chi connectivity index (χ1n) is 40.3. The van der Waals surface area contributed by atoms with Crippen molar-refractivity contribution in [3.63, 3.8) is 0 Å². The fourth-order valence-electron chi connectivity index (χ4n) is 9.70. The maximum Gasteiger partial charge on any atom is 0.472 e. The number of aliphatic hydroxyl groups excluding tert-OH is 1. The minimum absolute atomic E-state index is 0.00549. The Labute approximate surface area is 652 Å². The van der Waals surface area contributed by atoms with Crippen molar-refractivity contribution in [3.05, 3.63) is 207 Å². The van der Waals surface area contributed by atoms with Gasteiger partial charge in [0.1, 0.15) is 19.3 Å². The molecule has 0 aliphatic heterocycles. The molecule has 17 nitrogen and oxygen atoms in total. The van der Waals surface area contributed by atoms with Gasteiger partial charge in [-0.15, -0.1) is 0 Å². The Balaban J connectivity index is 5.54. The molecule has 108 heavy (non-hydrogen) atoms. The van der Waals surface area contributed by atoms with E-state index >= 15 is 0 Å². The number of rotatable bonds is 73. The van der Waals surface area contributed by atoms with E-state index < -0.39 is 97.5 Å². The summed E-state index contributed by atoms with van der Waals surface area (Å²) in [6.07, 6.45) is 98.2. The highest BCUT2D eigenvalue weighted by Gasteiger charge is 2.30. The number of phosphoric acid groups is 2. The number of unbranched alkanes of at least 4 members (excludes halogenated alkanes) is 13. The maximum atomic E-state index is 13.1. The first kappa shape index (κ1) is 102. The number of ether oxygens (including phenoxy) is 4. The van der Waals surface area contributed by atoms with E-state index in [1.165, 1.54) is 19.3 Å². The van der Waals surface area contributed by atoms with Crippen molar-refractivity contribution in [2.75, 3.05) is 39.6 Å². The molecule has 0 aromatic carbocycles. The van der Waals surface area contributed by atoms with Gasteiger partial charge in [0, 0.05) is 25.7 Å². The van der Waals surface area contributed by atoms with Gasteiger partial charge >= 0.3 is 39.5 Å². The Morgan fingerprint density at radius 1 is 0.269 bits per heavy atom. The van der Waals surface area contributed by atoms with Gasteiger partial charge in [-0.3, -0.25) is 37.3 Å². The first-order valence-corrected chi connectivity index (χ1v) is 43.3. The Kier molecular flexibility index (Phi) is 74.1. The number of carbonyl (C=O) groups excluding carboxylic acids is 4. The lowest BCUT2D eigenvalue weighted by Gasteiger charge is -2.21. The van der Waals surface area contributed by atoms with E-state index in [4.69, 9.17) is 37.0 Å². The molecule has 0 aliphatic rings. The minimum Gasteiger partial charge on any atom is -0.462 e. The van der Waals surface area contributed by atoms with E-state index in [2.05, 4.69) is 210 Å². The number of aliphatic hydroxyl groups is 1. The number of hydrogen-bond acceptors (Lipinski definition) is 15. The second kappa shape index (κ2) is 78.8. The summed E-state index contributed by atoms with van der Waals surface area (Å²) in [6.45, 7) is 4.29. The fraction of sp³-hybridized carbons (Fsp3) is 0.573. The second-order valence-corrected chi connectivity index (χ2v) is 28.8. The van der Waals surface area contributed by atoms with Gasteiger partial charge in [0.25, 0.3) is 0 Å². The summed E-state index contributed by atoms with van der Waals surface area (Å²) in [5.74, 6) is -2.39. The lowest BCUT2D eigenvalue weighted by molar-refractivity contribution is -0.161. The number of allylic oxidation sites excluding steroid dienone is 34. The van der Waals surface area contributed by atoms with Crippen LogP contribution in [-0.4, -0.2) is 96.7 Å². The molecule has 0 amide bonds. The SMILES string of the molecule is CC/C=C\C/C=C\C/C=C\C/C=C\C/C=C\CCCCCC(=O)OCC(COP(=O)(O)OCC(O)COP(=O)(O)OCC(COC(=O)CCC/C=C\C/C=C\C/C=C\C/C=C\C/C=C\CC)OC(=O)CCC/C=C\C/C=C\C/C=C\C/C=C\C/C=C\CC)OC(=O)CCCCCCC/C=C\C/C=C\CCCCC. The molecular weight excluding hydrogens is 1400 g/mol. The van der Waals surface area contributed by atoms with Crippen LogP contribution in [0, 0.1) is 0 Å². The highest BCUT2D eigenvalue weighted by atomic mass is 31.2. The Hall–Kier alpha value is -6.36.